The molecule has 144 valence electrons. The van der Waals surface area contributed by atoms with Crippen LogP contribution in [0.3, 0.4) is 0 Å². The third-order valence-corrected chi connectivity index (χ3v) is 5.09. The molecule has 26 heavy (non-hydrogen) atoms. The number of halogens is 1. The fraction of sp³-hybridized carbons (Fsp3) is 0.579. The Kier molecular flexibility index (Phi) is 7.72. The van der Waals surface area contributed by atoms with Gasteiger partial charge in [-0.05, 0) is 31.9 Å². The van der Waals surface area contributed by atoms with E-state index in [1.165, 1.54) is 0 Å². The highest BCUT2D eigenvalue weighted by molar-refractivity contribution is 5.85. The van der Waals surface area contributed by atoms with Gasteiger partial charge in [-0.15, -0.1) is 12.4 Å². The van der Waals surface area contributed by atoms with Gasteiger partial charge in [0.15, 0.2) is 6.61 Å². The summed E-state index contributed by atoms with van der Waals surface area (Å²) >= 11 is 0. The summed E-state index contributed by atoms with van der Waals surface area (Å²) in [5.41, 5.74) is 0. The lowest BCUT2D eigenvalue weighted by Crippen LogP contribution is -2.55. The van der Waals surface area contributed by atoms with Crippen LogP contribution in [0.5, 0.6) is 5.75 Å². The van der Waals surface area contributed by atoms with Crippen LogP contribution in [0.25, 0.3) is 0 Å². The monoisotopic (exact) mass is 381 g/mol. The molecule has 6 nitrogen and oxygen atoms in total. The third-order valence-electron chi connectivity index (χ3n) is 5.09. The van der Waals surface area contributed by atoms with Gasteiger partial charge in [0.1, 0.15) is 5.75 Å². The van der Waals surface area contributed by atoms with Crippen LogP contribution in [0.2, 0.25) is 0 Å². The van der Waals surface area contributed by atoms with Gasteiger partial charge in [-0.3, -0.25) is 9.59 Å². The molecule has 0 aliphatic carbocycles. The summed E-state index contributed by atoms with van der Waals surface area (Å²) in [5, 5.41) is 3.31. The second-order valence-corrected chi connectivity index (χ2v) is 6.84. The smallest absolute Gasteiger partial charge is 0.260 e. The molecule has 2 fully saturated rings. The normalized spacial score (nSPS) is 21.0. The first kappa shape index (κ1) is 20.5. The minimum Gasteiger partial charge on any atom is -0.484 e. The Hall–Kier alpha value is -1.79. The lowest BCUT2D eigenvalue weighted by molar-refractivity contribution is -0.143. The number of hydrogen-bond acceptors (Lipinski definition) is 4. The lowest BCUT2D eigenvalue weighted by Gasteiger charge is -2.39. The van der Waals surface area contributed by atoms with E-state index < -0.39 is 0 Å². The Morgan fingerprint density at radius 3 is 2.50 bits per heavy atom. The molecule has 0 bridgehead atoms. The van der Waals surface area contributed by atoms with Crippen molar-refractivity contribution < 1.29 is 14.3 Å². The zero-order valence-corrected chi connectivity index (χ0v) is 16.0. The van der Waals surface area contributed by atoms with Crippen molar-refractivity contribution in [2.45, 2.75) is 25.8 Å². The van der Waals surface area contributed by atoms with E-state index in [0.717, 1.165) is 32.5 Å². The number of carbonyl (C=O) groups excluding carboxylic acids is 2. The summed E-state index contributed by atoms with van der Waals surface area (Å²) in [6.45, 7) is 5.91. The summed E-state index contributed by atoms with van der Waals surface area (Å²) < 4.78 is 5.53. The molecule has 0 spiro atoms. The van der Waals surface area contributed by atoms with Crippen LogP contribution in [0.4, 0.5) is 0 Å². The topological polar surface area (TPSA) is 61.9 Å². The average Bonchev–Trinajstić information content (AvgIpc) is 2.67. The number of benzene rings is 1. The van der Waals surface area contributed by atoms with Crippen LogP contribution >= 0.6 is 12.4 Å². The van der Waals surface area contributed by atoms with E-state index in [9.17, 15) is 9.59 Å². The molecule has 2 amide bonds. The molecule has 2 heterocycles. The van der Waals surface area contributed by atoms with Gasteiger partial charge in [-0.25, -0.2) is 0 Å². The number of likely N-dealkylation sites (tertiary alicyclic amines) is 1. The van der Waals surface area contributed by atoms with Gasteiger partial charge in [0.2, 0.25) is 5.91 Å². The maximum atomic E-state index is 12.7. The van der Waals surface area contributed by atoms with E-state index in [1.54, 1.807) is 0 Å². The van der Waals surface area contributed by atoms with Crippen molar-refractivity contribution in [2.75, 3.05) is 39.3 Å². The molecule has 1 N–H and O–H groups in total. The van der Waals surface area contributed by atoms with Gasteiger partial charge >= 0.3 is 0 Å². The summed E-state index contributed by atoms with van der Waals surface area (Å²) in [7, 11) is 0. The number of carbonyl (C=O) groups is 2. The second kappa shape index (κ2) is 9.78. The molecule has 2 saturated heterocycles. The van der Waals surface area contributed by atoms with E-state index in [0.29, 0.717) is 18.8 Å². The van der Waals surface area contributed by atoms with Crippen LogP contribution in [-0.2, 0) is 9.59 Å². The van der Waals surface area contributed by atoms with Crippen molar-refractivity contribution >= 4 is 24.2 Å². The summed E-state index contributed by atoms with van der Waals surface area (Å²) in [6.07, 6.45) is 1.49. The van der Waals surface area contributed by atoms with E-state index in [2.05, 4.69) is 12.2 Å². The zero-order valence-electron chi connectivity index (χ0n) is 15.2. The van der Waals surface area contributed by atoms with Gasteiger partial charge in [-0.2, -0.15) is 0 Å². The number of amides is 2. The minimum atomic E-state index is -0.00899. The fourth-order valence-corrected chi connectivity index (χ4v) is 3.53. The number of nitrogens with zero attached hydrogens (tertiary/aromatic N) is 2. The quantitative estimate of drug-likeness (QED) is 0.859. The van der Waals surface area contributed by atoms with Gasteiger partial charge in [0, 0.05) is 44.7 Å². The molecule has 2 aliphatic heterocycles. The van der Waals surface area contributed by atoms with Crippen molar-refractivity contribution in [3.05, 3.63) is 30.3 Å². The Bertz CT molecular complexity index is 591. The van der Waals surface area contributed by atoms with Crippen molar-refractivity contribution in [2.24, 2.45) is 5.92 Å². The van der Waals surface area contributed by atoms with Crippen LogP contribution in [0, 0.1) is 5.92 Å². The van der Waals surface area contributed by atoms with Crippen molar-refractivity contribution in [3.63, 3.8) is 0 Å². The van der Waals surface area contributed by atoms with Crippen molar-refractivity contribution in [1.82, 2.24) is 15.1 Å². The molecule has 1 atom stereocenters. The van der Waals surface area contributed by atoms with E-state index in [4.69, 9.17) is 4.74 Å². The van der Waals surface area contributed by atoms with Crippen molar-refractivity contribution in [1.29, 1.82) is 0 Å². The van der Waals surface area contributed by atoms with Gasteiger partial charge in [0.25, 0.3) is 5.91 Å². The van der Waals surface area contributed by atoms with Crippen LogP contribution in [0.15, 0.2) is 30.3 Å². The molecule has 1 aromatic rings. The first-order valence-corrected chi connectivity index (χ1v) is 9.12. The maximum absolute atomic E-state index is 12.7. The zero-order chi connectivity index (χ0) is 17.6. The van der Waals surface area contributed by atoms with Crippen molar-refractivity contribution in [3.8, 4) is 5.75 Å². The molecule has 3 rings (SSSR count). The minimum absolute atomic E-state index is 0. The van der Waals surface area contributed by atoms with Crippen LogP contribution in [-0.4, -0.2) is 67.0 Å². The molecule has 0 radical (unpaired) electrons. The molecule has 0 saturated carbocycles. The van der Waals surface area contributed by atoms with Gasteiger partial charge in [-0.1, -0.05) is 18.2 Å². The Labute approximate surface area is 161 Å². The Morgan fingerprint density at radius 2 is 1.85 bits per heavy atom. The first-order chi connectivity index (χ1) is 12.1. The summed E-state index contributed by atoms with van der Waals surface area (Å²) in [4.78, 5) is 28.8. The predicted octanol–water partition coefficient (Wildman–Crippen LogP) is 1.55. The van der Waals surface area contributed by atoms with Gasteiger partial charge in [0.05, 0.1) is 0 Å². The molecular weight excluding hydrogens is 354 g/mol. The number of rotatable bonds is 4. The van der Waals surface area contributed by atoms with Crippen LogP contribution < -0.4 is 10.1 Å². The highest BCUT2D eigenvalue weighted by Crippen LogP contribution is 2.21. The highest BCUT2D eigenvalue weighted by Gasteiger charge is 2.32. The van der Waals surface area contributed by atoms with Gasteiger partial charge < -0.3 is 19.9 Å². The lowest BCUT2D eigenvalue weighted by atomic mass is 9.94. The van der Waals surface area contributed by atoms with Crippen LogP contribution in [0.1, 0.15) is 19.8 Å². The molecule has 2 aliphatic rings. The molecule has 7 heteroatoms. The second-order valence-electron chi connectivity index (χ2n) is 6.84. The van der Waals surface area contributed by atoms with E-state index in [-0.39, 0.29) is 42.8 Å². The summed E-state index contributed by atoms with van der Waals surface area (Å²) in [5.74, 6) is 0.986. The number of piperazine rings is 1. The first-order valence-electron chi connectivity index (χ1n) is 9.12. The van der Waals surface area contributed by atoms with E-state index >= 15 is 0 Å². The number of hydrogen-bond donors (Lipinski definition) is 1. The molecule has 0 unspecified atom stereocenters. The molecular formula is C19H28ClN3O3. The molecule has 0 aromatic heterocycles. The SMILES string of the molecule is C[C@H]1CNCCN1C(=O)C1CCN(C(=O)COc2ccccc2)CC1.Cl. The van der Waals surface area contributed by atoms with E-state index in [1.807, 2.05) is 40.1 Å². The Morgan fingerprint density at radius 1 is 1.15 bits per heavy atom. The largest absolute Gasteiger partial charge is 0.484 e. The Balaban J connectivity index is 0.00000243. The predicted molar refractivity (Wildman–Crippen MR) is 103 cm³/mol. The maximum Gasteiger partial charge on any atom is 0.260 e. The standard InChI is InChI=1S/C19H27N3O3.ClH/c1-15-13-20-9-12-22(15)19(24)16-7-10-21(11-8-16)18(23)14-25-17-5-3-2-4-6-17;/h2-6,15-16,20H,7-14H2,1H3;1H/t15-;/m0./s1. The number of nitrogens with one attached hydrogen (secondary N) is 1. The fourth-order valence-electron chi connectivity index (χ4n) is 3.53. The molecule has 1 aromatic carbocycles. The number of para-hydroxylation sites is 1. The average molecular weight is 382 g/mol. The number of piperidine rings is 1. The number of ether oxygens (including phenoxy) is 1. The highest BCUT2D eigenvalue weighted by atomic mass is 35.5. The third kappa shape index (κ3) is 5.11. The summed E-state index contributed by atoms with van der Waals surface area (Å²) in [6, 6.07) is 9.61.